The average Bonchev–Trinajstić information content (AvgIpc) is 3.50. The van der Waals surface area contributed by atoms with E-state index in [1.54, 1.807) is 24.3 Å². The standard InChI is InChI=1S/C25H19N5O3S/c26-13-17-5-4-8-20(11-17)27-23(31)15-34-25-29-28-24(19-6-2-1-3-7-19)30(25)14-18-9-10-21-22(12-18)33-16-32-21/h1-12H,14-16H2,(H,27,31). The Balaban J connectivity index is 1.37. The predicted octanol–water partition coefficient (Wildman–Crippen LogP) is 4.32. The van der Waals surface area contributed by atoms with Crippen molar-refractivity contribution in [2.45, 2.75) is 11.7 Å². The van der Waals surface area contributed by atoms with Crippen LogP contribution in [-0.4, -0.2) is 33.2 Å². The molecule has 0 fully saturated rings. The van der Waals surface area contributed by atoms with E-state index in [9.17, 15) is 4.79 Å². The number of ether oxygens (including phenoxy) is 2. The third-order valence-corrected chi connectivity index (χ3v) is 6.10. The number of nitrogens with one attached hydrogen (secondary N) is 1. The summed E-state index contributed by atoms with van der Waals surface area (Å²) in [6.07, 6.45) is 0. The minimum Gasteiger partial charge on any atom is -0.454 e. The molecule has 0 aliphatic carbocycles. The van der Waals surface area contributed by atoms with Gasteiger partial charge in [0.25, 0.3) is 0 Å². The normalized spacial score (nSPS) is 11.7. The SMILES string of the molecule is N#Cc1cccc(NC(=O)CSc2nnc(-c3ccccc3)n2Cc2ccc3c(c2)OCO3)c1. The Kier molecular flexibility index (Phi) is 6.14. The minimum absolute atomic E-state index is 0.144. The second-order valence-electron chi connectivity index (χ2n) is 7.48. The summed E-state index contributed by atoms with van der Waals surface area (Å²) in [6, 6.07) is 24.5. The summed E-state index contributed by atoms with van der Waals surface area (Å²) >= 11 is 1.30. The molecule has 0 spiro atoms. The lowest BCUT2D eigenvalue weighted by Crippen LogP contribution is -2.15. The maximum atomic E-state index is 12.6. The minimum atomic E-state index is -0.195. The molecule has 3 aromatic carbocycles. The van der Waals surface area contributed by atoms with Gasteiger partial charge < -0.3 is 14.8 Å². The molecule has 1 amide bonds. The maximum absolute atomic E-state index is 12.6. The van der Waals surface area contributed by atoms with Gasteiger partial charge in [0.15, 0.2) is 22.5 Å². The van der Waals surface area contributed by atoms with Crippen LogP contribution < -0.4 is 14.8 Å². The molecule has 8 nitrogen and oxygen atoms in total. The lowest BCUT2D eigenvalue weighted by Gasteiger charge is -2.11. The Labute approximate surface area is 200 Å². The zero-order chi connectivity index (χ0) is 23.3. The second-order valence-corrected chi connectivity index (χ2v) is 8.42. The van der Waals surface area contributed by atoms with Gasteiger partial charge in [-0.05, 0) is 35.9 Å². The molecule has 5 rings (SSSR count). The topological polar surface area (TPSA) is 102 Å². The molecule has 0 radical (unpaired) electrons. The van der Waals surface area contributed by atoms with Gasteiger partial charge >= 0.3 is 0 Å². The molecule has 1 N–H and O–H groups in total. The van der Waals surface area contributed by atoms with E-state index in [0.717, 1.165) is 16.9 Å². The molecule has 2 heterocycles. The van der Waals surface area contributed by atoms with Crippen molar-refractivity contribution in [2.24, 2.45) is 0 Å². The summed E-state index contributed by atoms with van der Waals surface area (Å²) in [5.41, 5.74) is 3.00. The first-order chi connectivity index (χ1) is 16.7. The predicted molar refractivity (Wildman–Crippen MR) is 128 cm³/mol. The number of aromatic nitrogens is 3. The zero-order valence-corrected chi connectivity index (χ0v) is 18.8. The number of hydrogen-bond acceptors (Lipinski definition) is 7. The van der Waals surface area contributed by atoms with Crippen molar-refractivity contribution in [3.8, 4) is 29.0 Å². The fraction of sp³-hybridized carbons (Fsp3) is 0.120. The van der Waals surface area contributed by atoms with Crippen LogP contribution in [0.3, 0.4) is 0 Å². The molecule has 4 aromatic rings. The molecule has 0 saturated carbocycles. The van der Waals surface area contributed by atoms with Gasteiger partial charge in [-0.25, -0.2) is 0 Å². The fourth-order valence-electron chi connectivity index (χ4n) is 3.55. The molecule has 1 aliphatic heterocycles. The molecule has 0 saturated heterocycles. The molecule has 9 heteroatoms. The molecule has 1 aromatic heterocycles. The van der Waals surface area contributed by atoms with Gasteiger partial charge in [-0.15, -0.1) is 10.2 Å². The Morgan fingerprint density at radius 1 is 1.03 bits per heavy atom. The summed E-state index contributed by atoms with van der Waals surface area (Å²) in [6.45, 7) is 0.718. The van der Waals surface area contributed by atoms with Crippen LogP contribution in [0.5, 0.6) is 11.5 Å². The van der Waals surface area contributed by atoms with E-state index in [2.05, 4.69) is 21.6 Å². The van der Waals surface area contributed by atoms with Crippen molar-refractivity contribution in [2.75, 3.05) is 17.9 Å². The van der Waals surface area contributed by atoms with E-state index in [4.69, 9.17) is 14.7 Å². The fourth-order valence-corrected chi connectivity index (χ4v) is 4.29. The maximum Gasteiger partial charge on any atom is 0.234 e. The van der Waals surface area contributed by atoms with Crippen molar-refractivity contribution in [3.05, 3.63) is 83.9 Å². The number of benzene rings is 3. The summed E-state index contributed by atoms with van der Waals surface area (Å²) in [5, 5.41) is 21.3. The molecule has 0 unspecified atom stereocenters. The van der Waals surface area contributed by atoms with E-state index in [0.29, 0.717) is 34.5 Å². The molecular weight excluding hydrogens is 450 g/mol. The van der Waals surface area contributed by atoms with Crippen molar-refractivity contribution in [1.29, 1.82) is 5.26 Å². The average molecular weight is 470 g/mol. The quantitative estimate of drug-likeness (QED) is 0.402. The summed E-state index contributed by atoms with van der Waals surface area (Å²) in [4.78, 5) is 12.6. The number of amides is 1. The third-order valence-electron chi connectivity index (χ3n) is 5.13. The van der Waals surface area contributed by atoms with Crippen LogP contribution in [0.15, 0.2) is 78.0 Å². The second kappa shape index (κ2) is 9.68. The highest BCUT2D eigenvalue weighted by Gasteiger charge is 2.18. The monoisotopic (exact) mass is 469 g/mol. The molecule has 0 bridgehead atoms. The highest BCUT2D eigenvalue weighted by Crippen LogP contribution is 2.33. The highest BCUT2D eigenvalue weighted by molar-refractivity contribution is 7.99. The number of hydrogen-bond donors (Lipinski definition) is 1. The van der Waals surface area contributed by atoms with Crippen LogP contribution in [0, 0.1) is 11.3 Å². The van der Waals surface area contributed by atoms with Crippen LogP contribution in [0.25, 0.3) is 11.4 Å². The van der Waals surface area contributed by atoms with Gasteiger partial charge in [0.2, 0.25) is 12.7 Å². The third kappa shape index (κ3) is 4.72. The Bertz CT molecular complexity index is 1380. The molecular formula is C25H19N5O3S. The van der Waals surface area contributed by atoms with Crippen LogP contribution in [-0.2, 0) is 11.3 Å². The Morgan fingerprint density at radius 3 is 2.74 bits per heavy atom. The number of thioether (sulfide) groups is 1. The first kappa shape index (κ1) is 21.6. The number of anilines is 1. The number of nitrogens with zero attached hydrogens (tertiary/aromatic N) is 4. The van der Waals surface area contributed by atoms with Crippen LogP contribution in [0.2, 0.25) is 0 Å². The van der Waals surface area contributed by atoms with Crippen molar-refractivity contribution in [3.63, 3.8) is 0 Å². The van der Waals surface area contributed by atoms with Crippen LogP contribution >= 0.6 is 11.8 Å². The number of fused-ring (bicyclic) bond motifs is 1. The van der Waals surface area contributed by atoms with Gasteiger partial charge in [0.1, 0.15) is 0 Å². The molecule has 34 heavy (non-hydrogen) atoms. The lowest BCUT2D eigenvalue weighted by atomic mass is 10.2. The van der Waals surface area contributed by atoms with Gasteiger partial charge in [-0.3, -0.25) is 9.36 Å². The Hall–Kier alpha value is -4.29. The van der Waals surface area contributed by atoms with Crippen molar-refractivity contribution < 1.29 is 14.3 Å². The van der Waals surface area contributed by atoms with E-state index < -0.39 is 0 Å². The van der Waals surface area contributed by atoms with Crippen LogP contribution in [0.1, 0.15) is 11.1 Å². The zero-order valence-electron chi connectivity index (χ0n) is 18.0. The first-order valence-electron chi connectivity index (χ1n) is 10.5. The number of carbonyl (C=O) groups is 1. The van der Waals surface area contributed by atoms with E-state index in [1.807, 2.05) is 53.1 Å². The summed E-state index contributed by atoms with van der Waals surface area (Å²) in [7, 11) is 0. The molecule has 1 aliphatic rings. The van der Waals surface area contributed by atoms with E-state index >= 15 is 0 Å². The van der Waals surface area contributed by atoms with Gasteiger partial charge in [-0.1, -0.05) is 54.2 Å². The smallest absolute Gasteiger partial charge is 0.234 e. The van der Waals surface area contributed by atoms with E-state index in [-0.39, 0.29) is 18.5 Å². The first-order valence-corrected chi connectivity index (χ1v) is 11.5. The van der Waals surface area contributed by atoms with Crippen molar-refractivity contribution >= 4 is 23.4 Å². The number of carbonyl (C=O) groups excluding carboxylic acids is 1. The number of nitriles is 1. The van der Waals surface area contributed by atoms with Gasteiger partial charge in [0.05, 0.1) is 23.9 Å². The highest BCUT2D eigenvalue weighted by atomic mass is 32.2. The lowest BCUT2D eigenvalue weighted by molar-refractivity contribution is -0.113. The summed E-state index contributed by atoms with van der Waals surface area (Å²) < 4.78 is 12.9. The van der Waals surface area contributed by atoms with Crippen LogP contribution in [0.4, 0.5) is 5.69 Å². The van der Waals surface area contributed by atoms with Gasteiger partial charge in [0, 0.05) is 11.3 Å². The van der Waals surface area contributed by atoms with Gasteiger partial charge in [-0.2, -0.15) is 5.26 Å². The molecule has 168 valence electrons. The van der Waals surface area contributed by atoms with Crippen molar-refractivity contribution in [1.82, 2.24) is 14.8 Å². The van der Waals surface area contributed by atoms with E-state index in [1.165, 1.54) is 11.8 Å². The largest absolute Gasteiger partial charge is 0.454 e. The molecule has 0 atom stereocenters. The Morgan fingerprint density at radius 2 is 1.88 bits per heavy atom. The number of rotatable bonds is 7. The summed E-state index contributed by atoms with van der Waals surface area (Å²) in [5.74, 6) is 2.09.